The van der Waals surface area contributed by atoms with E-state index in [-0.39, 0.29) is 40.9 Å². The number of rotatable bonds is 15. The maximum absolute atomic E-state index is 12.0. The van der Waals surface area contributed by atoms with E-state index in [2.05, 4.69) is 27.7 Å². The molecular weight excluding hydrogens is 548 g/mol. The van der Waals surface area contributed by atoms with Crippen LogP contribution in [0.15, 0.2) is 60.7 Å². The SMILES string of the molecule is CC(C)[Si](OCCCCCN1C(=O)C=CC1=O)(Oc1ccc(COC(=O)Oc2ccc([N+](=O)[O-])cc2)cc1)C(C)C. The number of nitro benzene ring substituents is 1. The summed E-state index contributed by atoms with van der Waals surface area (Å²) in [6.07, 6.45) is 3.99. The molecule has 0 radical (unpaired) electrons. The zero-order valence-electron chi connectivity index (χ0n) is 23.7. The van der Waals surface area contributed by atoms with Gasteiger partial charge in [0.15, 0.2) is 0 Å². The third-order valence-electron chi connectivity index (χ3n) is 6.67. The molecule has 0 aromatic heterocycles. The Morgan fingerprint density at radius 2 is 1.46 bits per heavy atom. The molecule has 12 heteroatoms. The van der Waals surface area contributed by atoms with Crippen molar-refractivity contribution in [2.45, 2.75) is 64.6 Å². The number of ether oxygens (including phenoxy) is 2. The van der Waals surface area contributed by atoms with Crippen molar-refractivity contribution < 1.29 is 37.6 Å². The van der Waals surface area contributed by atoms with Gasteiger partial charge in [0.25, 0.3) is 17.5 Å². The normalized spacial score (nSPS) is 13.3. The Balaban J connectivity index is 1.48. The van der Waals surface area contributed by atoms with E-state index in [0.717, 1.165) is 18.4 Å². The van der Waals surface area contributed by atoms with E-state index < -0.39 is 19.6 Å². The van der Waals surface area contributed by atoms with Gasteiger partial charge in [0.1, 0.15) is 18.1 Å². The third-order valence-corrected chi connectivity index (χ3v) is 11.1. The van der Waals surface area contributed by atoms with Crippen LogP contribution in [0.2, 0.25) is 11.1 Å². The molecule has 1 aliphatic rings. The van der Waals surface area contributed by atoms with Gasteiger partial charge in [-0.3, -0.25) is 24.6 Å². The van der Waals surface area contributed by atoms with E-state index >= 15 is 0 Å². The molecule has 0 saturated heterocycles. The molecule has 1 heterocycles. The number of nitrogens with zero attached hydrogens (tertiary/aromatic N) is 2. The summed E-state index contributed by atoms with van der Waals surface area (Å²) in [6.45, 7) is 9.30. The van der Waals surface area contributed by atoms with Gasteiger partial charge in [-0.25, -0.2) is 4.79 Å². The molecule has 0 spiro atoms. The zero-order valence-corrected chi connectivity index (χ0v) is 24.7. The minimum atomic E-state index is -2.68. The van der Waals surface area contributed by atoms with Gasteiger partial charge in [0.05, 0.1) is 4.92 Å². The van der Waals surface area contributed by atoms with Crippen LogP contribution in [0.5, 0.6) is 11.5 Å². The summed E-state index contributed by atoms with van der Waals surface area (Å²) >= 11 is 0. The number of unbranched alkanes of at least 4 members (excludes halogenated alkanes) is 2. The Morgan fingerprint density at radius 3 is 2.02 bits per heavy atom. The van der Waals surface area contributed by atoms with Crippen molar-refractivity contribution >= 4 is 32.2 Å². The summed E-state index contributed by atoms with van der Waals surface area (Å²) in [6, 6.07) is 12.3. The number of amides is 2. The standard InChI is InChI=1S/C29H36N2O9Si/c1-21(2)41(22(3)4,38-19-7-5-6-18-30-27(32)16-17-28(30)33)40-26-12-8-23(9-13-26)20-37-29(34)39-25-14-10-24(11-15-25)31(35)36/h8-17,21-22H,5-7,18-20H2,1-4H3. The third kappa shape index (κ3) is 8.72. The van der Waals surface area contributed by atoms with E-state index in [1.807, 2.05) is 12.1 Å². The first-order valence-electron chi connectivity index (χ1n) is 13.6. The number of benzene rings is 2. The average Bonchev–Trinajstić information content (AvgIpc) is 3.26. The highest BCUT2D eigenvalue weighted by molar-refractivity contribution is 6.70. The van der Waals surface area contributed by atoms with E-state index in [4.69, 9.17) is 18.3 Å². The van der Waals surface area contributed by atoms with Crippen LogP contribution < -0.4 is 9.16 Å². The highest BCUT2D eigenvalue weighted by atomic mass is 28.4. The largest absolute Gasteiger partial charge is 0.520 e. The summed E-state index contributed by atoms with van der Waals surface area (Å²) < 4.78 is 23.3. The maximum atomic E-state index is 12.0. The Kier molecular flexibility index (Phi) is 11.2. The molecule has 11 nitrogen and oxygen atoms in total. The molecule has 220 valence electrons. The summed E-state index contributed by atoms with van der Waals surface area (Å²) in [5.41, 5.74) is 0.963. The Bertz CT molecular complexity index is 1220. The lowest BCUT2D eigenvalue weighted by Crippen LogP contribution is -2.51. The minimum absolute atomic E-state index is 0.0236. The van der Waals surface area contributed by atoms with Crippen LogP contribution in [0.4, 0.5) is 10.5 Å². The first-order chi connectivity index (χ1) is 19.5. The monoisotopic (exact) mass is 584 g/mol. The van der Waals surface area contributed by atoms with Gasteiger partial charge in [-0.2, -0.15) is 0 Å². The molecule has 0 aliphatic carbocycles. The summed E-state index contributed by atoms with van der Waals surface area (Å²) in [4.78, 5) is 46.8. The van der Waals surface area contributed by atoms with Crippen LogP contribution >= 0.6 is 0 Å². The van der Waals surface area contributed by atoms with E-state index in [0.29, 0.717) is 25.3 Å². The number of carbonyl (C=O) groups excluding carboxylic acids is 3. The lowest BCUT2D eigenvalue weighted by molar-refractivity contribution is -0.384. The van der Waals surface area contributed by atoms with Crippen LogP contribution in [0.3, 0.4) is 0 Å². The van der Waals surface area contributed by atoms with Crippen molar-refractivity contribution in [3.8, 4) is 11.5 Å². The molecular formula is C29H36N2O9Si. The Hall–Kier alpha value is -4.03. The van der Waals surface area contributed by atoms with Gasteiger partial charge >= 0.3 is 14.7 Å². The van der Waals surface area contributed by atoms with Crippen molar-refractivity contribution in [3.63, 3.8) is 0 Å². The minimum Gasteiger partial charge on any atom is -0.520 e. The van der Waals surface area contributed by atoms with Gasteiger partial charge < -0.3 is 18.3 Å². The van der Waals surface area contributed by atoms with Crippen LogP contribution in [-0.4, -0.2) is 49.5 Å². The van der Waals surface area contributed by atoms with Gasteiger partial charge in [0.2, 0.25) is 0 Å². The van der Waals surface area contributed by atoms with E-state index in [9.17, 15) is 24.5 Å². The molecule has 0 unspecified atom stereocenters. The molecule has 2 amide bonds. The predicted octanol–water partition coefficient (Wildman–Crippen LogP) is 6.06. The highest BCUT2D eigenvalue weighted by Crippen LogP contribution is 2.36. The topological polar surface area (TPSA) is 135 Å². The van der Waals surface area contributed by atoms with Gasteiger partial charge in [0, 0.05) is 48.5 Å². The number of imide groups is 1. The molecule has 2 aromatic rings. The van der Waals surface area contributed by atoms with E-state index in [1.54, 1.807) is 12.1 Å². The second kappa shape index (κ2) is 14.6. The van der Waals surface area contributed by atoms with Gasteiger partial charge in [-0.15, -0.1) is 0 Å². The molecule has 1 aliphatic heterocycles. The van der Waals surface area contributed by atoms with Crippen LogP contribution in [0.1, 0.15) is 52.5 Å². The van der Waals surface area contributed by atoms with Crippen molar-refractivity contribution in [2.75, 3.05) is 13.2 Å². The molecule has 0 N–H and O–H groups in total. The fourth-order valence-electron chi connectivity index (χ4n) is 4.44. The maximum Gasteiger partial charge on any atom is 0.514 e. The average molecular weight is 585 g/mol. The predicted molar refractivity (Wildman–Crippen MR) is 153 cm³/mol. The molecule has 41 heavy (non-hydrogen) atoms. The van der Waals surface area contributed by atoms with Crippen LogP contribution in [-0.2, 0) is 25.4 Å². The summed E-state index contributed by atoms with van der Waals surface area (Å²) in [5, 5.41) is 10.7. The molecule has 3 rings (SSSR count). The second-order valence-electron chi connectivity index (χ2n) is 10.2. The quantitative estimate of drug-likeness (QED) is 0.0465. The molecule has 0 atom stereocenters. The number of hydrogen-bond acceptors (Lipinski definition) is 9. The molecule has 0 saturated carbocycles. The fraction of sp³-hybridized carbons (Fsp3) is 0.414. The fourth-order valence-corrected chi connectivity index (χ4v) is 7.94. The number of nitro groups is 1. The number of non-ortho nitro benzene ring substituents is 1. The zero-order chi connectivity index (χ0) is 30.0. The van der Waals surface area contributed by atoms with Gasteiger partial charge in [-0.05, 0) is 49.1 Å². The lowest BCUT2D eigenvalue weighted by Gasteiger charge is -2.37. The van der Waals surface area contributed by atoms with E-state index in [1.165, 1.54) is 41.3 Å². The number of carbonyl (C=O) groups is 3. The highest BCUT2D eigenvalue weighted by Gasteiger charge is 2.47. The molecule has 2 aromatic carbocycles. The first-order valence-corrected chi connectivity index (χ1v) is 15.5. The smallest absolute Gasteiger partial charge is 0.514 e. The second-order valence-corrected chi connectivity index (χ2v) is 14.5. The Labute approximate surface area is 240 Å². The summed E-state index contributed by atoms with van der Waals surface area (Å²) in [5.74, 6) is 0.285. The van der Waals surface area contributed by atoms with Crippen molar-refractivity contribution in [3.05, 3.63) is 76.4 Å². The lowest BCUT2D eigenvalue weighted by atomic mass is 10.2. The van der Waals surface area contributed by atoms with Crippen molar-refractivity contribution in [1.29, 1.82) is 0 Å². The molecule has 0 fully saturated rings. The Morgan fingerprint density at radius 1 is 0.878 bits per heavy atom. The van der Waals surface area contributed by atoms with Crippen LogP contribution in [0, 0.1) is 10.1 Å². The van der Waals surface area contributed by atoms with Crippen LogP contribution in [0.25, 0.3) is 0 Å². The number of hydrogen-bond donors (Lipinski definition) is 0. The van der Waals surface area contributed by atoms with Gasteiger partial charge in [-0.1, -0.05) is 39.8 Å². The summed E-state index contributed by atoms with van der Waals surface area (Å²) in [7, 11) is -2.68. The molecule has 0 bridgehead atoms. The van der Waals surface area contributed by atoms with Crippen molar-refractivity contribution in [2.24, 2.45) is 0 Å². The van der Waals surface area contributed by atoms with Crippen molar-refractivity contribution in [1.82, 2.24) is 4.90 Å². The first kappa shape index (κ1) is 31.5.